The van der Waals surface area contributed by atoms with E-state index >= 15 is 0 Å². The third-order valence-electron chi connectivity index (χ3n) is 6.21. The zero-order chi connectivity index (χ0) is 24.7. The van der Waals surface area contributed by atoms with Gasteiger partial charge in [-0.25, -0.2) is 8.42 Å². The zero-order valence-electron chi connectivity index (χ0n) is 18.8. The minimum atomic E-state index is -4.68. The molecular weight excluding hydrogens is 469 g/mol. The van der Waals surface area contributed by atoms with Crippen LogP contribution < -0.4 is 5.56 Å². The lowest BCUT2D eigenvalue weighted by molar-refractivity contribution is -0.137. The van der Waals surface area contributed by atoms with E-state index in [9.17, 15) is 26.4 Å². The Labute approximate surface area is 195 Å². The zero-order valence-corrected chi connectivity index (χ0v) is 19.6. The summed E-state index contributed by atoms with van der Waals surface area (Å²) in [6, 6.07) is 9.00. The molecule has 0 spiro atoms. The second-order valence-electron chi connectivity index (χ2n) is 8.55. The average molecular weight is 495 g/mol. The smallest absolute Gasteiger partial charge is 0.377 e. The highest BCUT2D eigenvalue weighted by molar-refractivity contribution is 7.89. The summed E-state index contributed by atoms with van der Waals surface area (Å²) in [6.45, 7) is 3.93. The lowest BCUT2D eigenvalue weighted by Crippen LogP contribution is -2.38. The van der Waals surface area contributed by atoms with Crippen molar-refractivity contribution >= 4 is 20.9 Å². The molecule has 6 nitrogen and oxygen atoms in total. The largest absolute Gasteiger partial charge is 0.416 e. The summed E-state index contributed by atoms with van der Waals surface area (Å²) in [4.78, 5) is 15.2. The number of alkyl halides is 3. The number of benzene rings is 2. The summed E-state index contributed by atoms with van der Waals surface area (Å²) in [7, 11) is -4.35. The number of H-pyrrole nitrogens is 1. The molecule has 2 heterocycles. The van der Waals surface area contributed by atoms with Crippen molar-refractivity contribution in [2.24, 2.45) is 0 Å². The molecule has 34 heavy (non-hydrogen) atoms. The van der Waals surface area contributed by atoms with Crippen LogP contribution >= 0.6 is 0 Å². The summed E-state index contributed by atoms with van der Waals surface area (Å²) < 4.78 is 73.2. The Balaban J connectivity index is 1.76. The molecule has 0 amide bonds. The Bertz CT molecular complexity index is 1380. The van der Waals surface area contributed by atoms with E-state index in [4.69, 9.17) is 4.74 Å². The Kier molecular flexibility index (Phi) is 6.58. The van der Waals surface area contributed by atoms with Crippen LogP contribution in [0.25, 0.3) is 10.9 Å². The first-order valence-electron chi connectivity index (χ1n) is 10.9. The summed E-state index contributed by atoms with van der Waals surface area (Å²) >= 11 is 0. The van der Waals surface area contributed by atoms with Gasteiger partial charge in [0.2, 0.25) is 10.0 Å². The SMILES string of the molecule is Cc1ccc2cc(CN(C[C@H]3CCCO3)S(=O)(=O)c3cccc(C(F)(F)F)c3)c(=O)[nH]c2c1C. The quantitative estimate of drug-likeness (QED) is 0.546. The van der Waals surface area contributed by atoms with Gasteiger partial charge in [0.05, 0.1) is 22.1 Å². The van der Waals surface area contributed by atoms with Crippen LogP contribution in [0.4, 0.5) is 13.2 Å². The molecule has 1 aromatic heterocycles. The van der Waals surface area contributed by atoms with Crippen molar-refractivity contribution in [3.63, 3.8) is 0 Å². The molecule has 0 aliphatic carbocycles. The van der Waals surface area contributed by atoms with Crippen molar-refractivity contribution in [1.82, 2.24) is 9.29 Å². The molecule has 1 aliphatic rings. The van der Waals surface area contributed by atoms with E-state index in [1.54, 1.807) is 6.07 Å². The van der Waals surface area contributed by atoms with Crippen molar-refractivity contribution in [3.05, 3.63) is 75.1 Å². The first-order chi connectivity index (χ1) is 16.0. The minimum absolute atomic E-state index is 0.0665. The van der Waals surface area contributed by atoms with E-state index in [2.05, 4.69) is 4.98 Å². The van der Waals surface area contributed by atoms with E-state index < -0.39 is 38.3 Å². The molecule has 0 unspecified atom stereocenters. The molecule has 2 aromatic carbocycles. The highest BCUT2D eigenvalue weighted by Crippen LogP contribution is 2.32. The van der Waals surface area contributed by atoms with Crippen molar-refractivity contribution in [2.45, 2.75) is 50.4 Å². The van der Waals surface area contributed by atoms with Gasteiger partial charge in [-0.15, -0.1) is 0 Å². The van der Waals surface area contributed by atoms with Gasteiger partial charge in [-0.2, -0.15) is 17.5 Å². The number of ether oxygens (including phenoxy) is 1. The van der Waals surface area contributed by atoms with Crippen molar-refractivity contribution in [2.75, 3.05) is 13.2 Å². The molecule has 10 heteroatoms. The predicted octanol–water partition coefficient (Wildman–Crippen LogP) is 4.53. The fourth-order valence-corrected chi connectivity index (χ4v) is 5.62. The molecule has 3 aromatic rings. The molecule has 1 fully saturated rings. The number of hydrogen-bond donors (Lipinski definition) is 1. The highest BCUT2D eigenvalue weighted by atomic mass is 32.2. The Morgan fingerprint density at radius 3 is 2.59 bits per heavy atom. The number of nitrogens with one attached hydrogen (secondary N) is 1. The van der Waals surface area contributed by atoms with E-state index in [1.165, 1.54) is 0 Å². The van der Waals surface area contributed by atoms with Crippen LogP contribution in [-0.4, -0.2) is 37.0 Å². The average Bonchev–Trinajstić information content (AvgIpc) is 3.30. The fraction of sp³-hybridized carbons (Fsp3) is 0.375. The van der Waals surface area contributed by atoms with Crippen LogP contribution in [0.5, 0.6) is 0 Å². The van der Waals surface area contributed by atoms with Crippen molar-refractivity contribution < 1.29 is 26.3 Å². The number of hydrogen-bond acceptors (Lipinski definition) is 4. The second-order valence-corrected chi connectivity index (χ2v) is 10.5. The van der Waals surface area contributed by atoms with Gasteiger partial charge in [-0.05, 0) is 67.5 Å². The van der Waals surface area contributed by atoms with Crippen LogP contribution in [0, 0.1) is 13.8 Å². The maximum Gasteiger partial charge on any atom is 0.416 e. The van der Waals surface area contributed by atoms with E-state index in [0.717, 1.165) is 45.4 Å². The first kappa shape index (κ1) is 24.4. The second kappa shape index (κ2) is 9.16. The molecule has 4 rings (SSSR count). The standard InChI is InChI=1S/C24H25F3N2O4S/c1-15-8-9-17-11-18(23(30)28-22(17)16(15)2)13-29(14-20-6-4-10-33-20)34(31,32)21-7-3-5-19(12-21)24(25,26)27/h3,5,7-9,11-12,20H,4,6,10,13-14H2,1-2H3,(H,28,30)/t20-/m1/s1. The van der Waals surface area contributed by atoms with Crippen LogP contribution in [0.2, 0.25) is 0 Å². The molecular formula is C24H25F3N2O4S. The Hall–Kier alpha value is -2.69. The maximum absolute atomic E-state index is 13.5. The summed E-state index contributed by atoms with van der Waals surface area (Å²) in [5, 5.41) is 0.742. The van der Waals surface area contributed by atoms with Gasteiger partial charge in [0.1, 0.15) is 0 Å². The van der Waals surface area contributed by atoms with Gasteiger partial charge < -0.3 is 9.72 Å². The minimum Gasteiger partial charge on any atom is -0.377 e. The third kappa shape index (κ3) is 4.89. The molecule has 1 N–H and O–H groups in total. The van der Waals surface area contributed by atoms with E-state index in [0.29, 0.717) is 24.6 Å². The number of rotatable bonds is 6. The van der Waals surface area contributed by atoms with E-state index in [-0.39, 0.29) is 18.7 Å². The van der Waals surface area contributed by atoms with Gasteiger partial charge in [0, 0.05) is 25.3 Å². The summed E-state index contributed by atoms with van der Waals surface area (Å²) in [5.74, 6) is 0. The lowest BCUT2D eigenvalue weighted by atomic mass is 10.0. The first-order valence-corrected chi connectivity index (χ1v) is 12.3. The number of sulfonamides is 1. The predicted molar refractivity (Wildman–Crippen MR) is 122 cm³/mol. The number of halogens is 3. The summed E-state index contributed by atoms with van der Waals surface area (Å²) in [5.41, 5.74) is 1.28. The molecule has 182 valence electrons. The molecule has 0 radical (unpaired) electrons. The van der Waals surface area contributed by atoms with Crippen LogP contribution in [0.1, 0.15) is 35.1 Å². The lowest BCUT2D eigenvalue weighted by Gasteiger charge is -2.25. The van der Waals surface area contributed by atoms with Gasteiger partial charge in [0.15, 0.2) is 0 Å². The number of fused-ring (bicyclic) bond motifs is 1. The van der Waals surface area contributed by atoms with Gasteiger partial charge in [0.25, 0.3) is 5.56 Å². The number of aryl methyl sites for hydroxylation is 2. The number of aromatic amines is 1. The number of nitrogens with zero attached hydrogens (tertiary/aromatic N) is 1. The number of aromatic nitrogens is 1. The monoisotopic (exact) mass is 494 g/mol. The van der Waals surface area contributed by atoms with Crippen LogP contribution in [0.3, 0.4) is 0 Å². The molecule has 0 bridgehead atoms. The highest BCUT2D eigenvalue weighted by Gasteiger charge is 2.34. The van der Waals surface area contributed by atoms with Crippen LogP contribution in [-0.2, 0) is 27.5 Å². The molecule has 1 aliphatic heterocycles. The van der Waals surface area contributed by atoms with Crippen molar-refractivity contribution in [1.29, 1.82) is 0 Å². The van der Waals surface area contributed by atoms with E-state index in [1.807, 2.05) is 26.0 Å². The summed E-state index contributed by atoms with van der Waals surface area (Å²) in [6.07, 6.45) is -3.69. The maximum atomic E-state index is 13.5. The molecule has 0 saturated carbocycles. The Morgan fingerprint density at radius 1 is 1.15 bits per heavy atom. The van der Waals surface area contributed by atoms with Crippen LogP contribution in [0.15, 0.2) is 52.2 Å². The van der Waals surface area contributed by atoms with Gasteiger partial charge in [-0.1, -0.05) is 18.2 Å². The Morgan fingerprint density at radius 2 is 1.91 bits per heavy atom. The molecule has 1 atom stereocenters. The molecule has 1 saturated heterocycles. The van der Waals surface area contributed by atoms with Gasteiger partial charge in [-0.3, -0.25) is 4.79 Å². The topological polar surface area (TPSA) is 79.5 Å². The normalized spacial score (nSPS) is 17.1. The number of pyridine rings is 1. The fourth-order valence-electron chi connectivity index (χ4n) is 4.12. The third-order valence-corrected chi connectivity index (χ3v) is 8.01. The van der Waals surface area contributed by atoms with Gasteiger partial charge >= 0.3 is 6.18 Å². The van der Waals surface area contributed by atoms with Crippen molar-refractivity contribution in [3.8, 4) is 0 Å².